The van der Waals surface area contributed by atoms with Gasteiger partial charge in [0.05, 0.1) is 13.1 Å². The average Bonchev–Trinajstić information content (AvgIpc) is 3.73. The fourth-order valence-electron chi connectivity index (χ4n) is 7.67. The first-order chi connectivity index (χ1) is 28.6. The molecule has 0 bridgehead atoms. The molecule has 3 unspecified atom stereocenters. The molecule has 1 rings (SSSR count). The fourth-order valence-corrected chi connectivity index (χ4v) is 7.67. The number of unbranched alkanes of at least 4 members (excludes halogenated alkanes) is 19. The second kappa shape index (κ2) is 35.5. The van der Waals surface area contributed by atoms with E-state index >= 15 is 0 Å². The van der Waals surface area contributed by atoms with E-state index in [4.69, 9.17) is 11.5 Å². The largest absolute Gasteiger partial charge is 0.356 e. The number of nitrogens with one attached hydrogen (secondary N) is 4. The SMILES string of the molecule is CCCCCCCCCCCCNC(=O)CCC(NC(=O)C1CCCN1C(=O)CN(C)C(=O)C(CCCCN)NC(=O)CN)C(=O)NCCCCCCCCCCCC. The molecule has 342 valence electrons. The van der Waals surface area contributed by atoms with E-state index in [1.807, 2.05) is 0 Å². The predicted molar refractivity (Wildman–Crippen MR) is 237 cm³/mol. The van der Waals surface area contributed by atoms with E-state index in [0.717, 1.165) is 38.5 Å². The van der Waals surface area contributed by atoms with Gasteiger partial charge in [-0.25, -0.2) is 0 Å². The van der Waals surface area contributed by atoms with Gasteiger partial charge in [-0.2, -0.15) is 0 Å². The highest BCUT2D eigenvalue weighted by atomic mass is 16.2. The third kappa shape index (κ3) is 25.9. The number of amides is 6. The molecule has 0 aliphatic carbocycles. The van der Waals surface area contributed by atoms with Crippen LogP contribution in [0, 0.1) is 0 Å². The van der Waals surface area contributed by atoms with Crippen molar-refractivity contribution in [2.45, 2.75) is 205 Å². The van der Waals surface area contributed by atoms with E-state index in [1.54, 1.807) is 0 Å². The summed E-state index contributed by atoms with van der Waals surface area (Å²) in [5, 5.41) is 11.5. The Morgan fingerprint density at radius 3 is 1.68 bits per heavy atom. The average molecular weight is 835 g/mol. The van der Waals surface area contributed by atoms with E-state index in [1.165, 1.54) is 107 Å². The van der Waals surface area contributed by atoms with Gasteiger partial charge in [-0.15, -0.1) is 0 Å². The fraction of sp³-hybridized carbons (Fsp3) is 0.867. The third-order valence-corrected chi connectivity index (χ3v) is 11.4. The molecule has 1 saturated heterocycles. The van der Waals surface area contributed by atoms with Gasteiger partial charge in [-0.05, 0) is 57.9 Å². The van der Waals surface area contributed by atoms with Crippen LogP contribution in [0.4, 0.5) is 0 Å². The normalized spacial score (nSPS) is 14.7. The number of rotatable bonds is 37. The molecule has 59 heavy (non-hydrogen) atoms. The zero-order chi connectivity index (χ0) is 43.5. The minimum atomic E-state index is -0.934. The van der Waals surface area contributed by atoms with Crippen LogP contribution in [0.1, 0.15) is 187 Å². The standard InChI is InChI=1S/C45H86N8O6/c1-4-6-8-10-12-14-16-18-20-24-32-48-40(54)30-29-37(43(57)49-33-25-21-19-17-15-13-11-9-7-5-2)51-44(58)39-28-26-34-53(39)42(56)36-52(3)45(59)38(27-22-23-31-46)50-41(55)35-47/h37-39H,4-36,46-47H2,1-3H3,(H,48,54)(H,49,57)(H,50,55)(H,51,58). The lowest BCUT2D eigenvalue weighted by Gasteiger charge is -2.29. The van der Waals surface area contributed by atoms with Crippen molar-refractivity contribution >= 4 is 35.4 Å². The van der Waals surface area contributed by atoms with E-state index in [2.05, 4.69) is 35.1 Å². The molecular formula is C45H86N8O6. The summed E-state index contributed by atoms with van der Waals surface area (Å²) in [6, 6.07) is -2.60. The maximum absolute atomic E-state index is 13.8. The predicted octanol–water partition coefficient (Wildman–Crippen LogP) is 5.35. The Hall–Kier alpha value is -3.26. The van der Waals surface area contributed by atoms with Gasteiger partial charge < -0.3 is 42.5 Å². The maximum atomic E-state index is 13.8. The molecule has 6 amide bonds. The Morgan fingerprint density at radius 1 is 0.627 bits per heavy atom. The number of nitrogens with two attached hydrogens (primary N) is 2. The van der Waals surface area contributed by atoms with E-state index in [9.17, 15) is 28.8 Å². The zero-order valence-electron chi connectivity index (χ0n) is 37.6. The van der Waals surface area contributed by atoms with Crippen LogP contribution in [-0.4, -0.2) is 110 Å². The second-order valence-corrected chi connectivity index (χ2v) is 16.7. The molecule has 1 aliphatic heterocycles. The number of nitrogens with zero attached hydrogens (tertiary/aromatic N) is 2. The lowest BCUT2D eigenvalue weighted by Crippen LogP contribution is -2.55. The highest BCUT2D eigenvalue weighted by molar-refractivity contribution is 5.94. The quantitative estimate of drug-likeness (QED) is 0.0449. The van der Waals surface area contributed by atoms with Crippen molar-refractivity contribution in [1.82, 2.24) is 31.1 Å². The van der Waals surface area contributed by atoms with Crippen LogP contribution in [0.5, 0.6) is 0 Å². The smallest absolute Gasteiger partial charge is 0.245 e. The van der Waals surface area contributed by atoms with Gasteiger partial charge in [-0.1, -0.05) is 129 Å². The van der Waals surface area contributed by atoms with E-state index in [-0.39, 0.29) is 37.7 Å². The Labute approximate surface area is 357 Å². The van der Waals surface area contributed by atoms with E-state index < -0.39 is 41.8 Å². The summed E-state index contributed by atoms with van der Waals surface area (Å²) in [6.45, 7) is 5.76. The molecule has 0 radical (unpaired) electrons. The van der Waals surface area contributed by atoms with Gasteiger partial charge in [0.15, 0.2) is 0 Å². The van der Waals surface area contributed by atoms with Gasteiger partial charge in [0.1, 0.15) is 18.1 Å². The Morgan fingerprint density at radius 2 is 1.15 bits per heavy atom. The van der Waals surface area contributed by atoms with Crippen LogP contribution in [0.2, 0.25) is 0 Å². The molecule has 8 N–H and O–H groups in total. The van der Waals surface area contributed by atoms with Crippen molar-refractivity contribution in [3.8, 4) is 0 Å². The van der Waals surface area contributed by atoms with Crippen LogP contribution in [-0.2, 0) is 28.8 Å². The van der Waals surface area contributed by atoms with E-state index in [0.29, 0.717) is 58.3 Å². The van der Waals surface area contributed by atoms with Crippen molar-refractivity contribution in [3.05, 3.63) is 0 Å². The number of hydrogen-bond donors (Lipinski definition) is 6. The van der Waals surface area contributed by atoms with Crippen molar-refractivity contribution in [3.63, 3.8) is 0 Å². The number of carbonyl (C=O) groups excluding carboxylic acids is 6. The Bertz CT molecular complexity index is 1170. The monoisotopic (exact) mass is 835 g/mol. The van der Waals surface area contributed by atoms with Crippen LogP contribution < -0.4 is 32.7 Å². The highest BCUT2D eigenvalue weighted by Gasteiger charge is 2.37. The first-order valence-corrected chi connectivity index (χ1v) is 23.7. The van der Waals surface area contributed by atoms with Crippen LogP contribution in [0.15, 0.2) is 0 Å². The maximum Gasteiger partial charge on any atom is 0.245 e. The van der Waals surface area contributed by atoms with Gasteiger partial charge in [-0.3, -0.25) is 28.8 Å². The highest BCUT2D eigenvalue weighted by Crippen LogP contribution is 2.19. The van der Waals surface area contributed by atoms with Gasteiger partial charge in [0.25, 0.3) is 0 Å². The minimum absolute atomic E-state index is 0.0851. The number of likely N-dealkylation sites (tertiary alicyclic amines) is 1. The van der Waals surface area contributed by atoms with Crippen molar-refractivity contribution in [2.24, 2.45) is 11.5 Å². The molecule has 3 atom stereocenters. The first kappa shape index (κ1) is 53.8. The lowest BCUT2D eigenvalue weighted by atomic mass is 10.1. The molecule has 1 fully saturated rings. The molecule has 0 aromatic carbocycles. The molecule has 0 spiro atoms. The summed E-state index contributed by atoms with van der Waals surface area (Å²) >= 11 is 0. The van der Waals surface area contributed by atoms with Crippen molar-refractivity contribution < 1.29 is 28.8 Å². The summed E-state index contributed by atoms with van der Waals surface area (Å²) in [4.78, 5) is 81.7. The summed E-state index contributed by atoms with van der Waals surface area (Å²) in [7, 11) is 1.49. The molecular weight excluding hydrogens is 749 g/mol. The number of carbonyl (C=O) groups is 6. The molecule has 1 heterocycles. The van der Waals surface area contributed by atoms with Gasteiger partial charge in [0.2, 0.25) is 35.4 Å². The summed E-state index contributed by atoms with van der Waals surface area (Å²) in [6.07, 6.45) is 26.8. The van der Waals surface area contributed by atoms with Crippen LogP contribution in [0.3, 0.4) is 0 Å². The van der Waals surface area contributed by atoms with Crippen LogP contribution in [0.25, 0.3) is 0 Å². The Kier molecular flexibility index (Phi) is 32.3. The molecule has 0 aromatic rings. The molecule has 1 aliphatic rings. The van der Waals surface area contributed by atoms with Crippen molar-refractivity contribution in [1.29, 1.82) is 0 Å². The minimum Gasteiger partial charge on any atom is -0.356 e. The number of hydrogen-bond acceptors (Lipinski definition) is 8. The first-order valence-electron chi connectivity index (χ1n) is 23.7. The summed E-state index contributed by atoms with van der Waals surface area (Å²) in [5.74, 6) is -2.25. The van der Waals surface area contributed by atoms with Gasteiger partial charge in [0, 0.05) is 33.1 Å². The zero-order valence-corrected chi connectivity index (χ0v) is 37.6. The molecule has 0 saturated carbocycles. The summed E-state index contributed by atoms with van der Waals surface area (Å²) in [5.41, 5.74) is 11.1. The van der Waals surface area contributed by atoms with Crippen LogP contribution >= 0.6 is 0 Å². The molecule has 14 heteroatoms. The Balaban J connectivity index is 2.76. The second-order valence-electron chi connectivity index (χ2n) is 16.7. The van der Waals surface area contributed by atoms with Crippen molar-refractivity contribution in [2.75, 3.05) is 46.3 Å². The third-order valence-electron chi connectivity index (χ3n) is 11.4. The molecule has 14 nitrogen and oxygen atoms in total. The lowest BCUT2D eigenvalue weighted by molar-refractivity contribution is -0.144. The number of likely N-dealkylation sites (N-methyl/N-ethyl adjacent to an activating group) is 1. The van der Waals surface area contributed by atoms with Gasteiger partial charge >= 0.3 is 0 Å². The molecule has 0 aromatic heterocycles. The summed E-state index contributed by atoms with van der Waals surface area (Å²) < 4.78 is 0. The topological polar surface area (TPSA) is 209 Å².